The number of carbonyl (C=O) groups excluding carboxylic acids is 1. The monoisotopic (exact) mass is 348 g/mol. The lowest BCUT2D eigenvalue weighted by Crippen LogP contribution is -2.45. The Hall–Kier alpha value is -1.25. The Kier molecular flexibility index (Phi) is 9.94. The largest absolute Gasteiger partial charge is 0.481 e. The maximum absolute atomic E-state index is 11.5. The van der Waals surface area contributed by atoms with Gasteiger partial charge in [-0.2, -0.15) is 0 Å². The van der Waals surface area contributed by atoms with Crippen LogP contribution in [-0.2, 0) is 19.1 Å². The number of thiocarbonyl (C=S) groups is 1. The van der Waals surface area contributed by atoms with Crippen LogP contribution in [0.3, 0.4) is 0 Å². The first-order valence-corrected chi connectivity index (χ1v) is 7.87. The van der Waals surface area contributed by atoms with Crippen LogP contribution in [0, 0.1) is 17.3 Å². The molecule has 23 heavy (non-hydrogen) atoms. The smallest absolute Gasteiger partial charge is 0.307 e. The molecule has 0 saturated heterocycles. The molecule has 0 aromatic carbocycles. The van der Waals surface area contributed by atoms with Crippen LogP contribution in [0.1, 0.15) is 27.2 Å². The zero-order valence-corrected chi connectivity index (χ0v) is 15.1. The van der Waals surface area contributed by atoms with Gasteiger partial charge in [-0.3, -0.25) is 9.59 Å². The lowest BCUT2D eigenvalue weighted by molar-refractivity contribution is -0.146. The first-order chi connectivity index (χ1) is 10.6. The van der Waals surface area contributed by atoms with Crippen molar-refractivity contribution in [2.45, 2.75) is 27.2 Å². The van der Waals surface area contributed by atoms with Gasteiger partial charge < -0.3 is 25.6 Å². The summed E-state index contributed by atoms with van der Waals surface area (Å²) >= 11 is 5.37. The third-order valence-corrected chi connectivity index (χ3v) is 3.73. The first-order valence-electron chi connectivity index (χ1n) is 7.46. The summed E-state index contributed by atoms with van der Waals surface area (Å²) in [4.78, 5) is 23.1. The van der Waals surface area contributed by atoms with Crippen LogP contribution >= 0.6 is 12.2 Å². The quantitative estimate of drug-likeness (QED) is 0.374. The number of methoxy groups -OCH3 is 1. The van der Waals surface area contributed by atoms with Crippen molar-refractivity contribution in [3.8, 4) is 0 Å². The highest BCUT2D eigenvalue weighted by Crippen LogP contribution is 2.35. The molecule has 0 aromatic rings. The predicted octanol–water partition coefficient (Wildman–Crippen LogP) is 0.805. The average molecular weight is 348 g/mol. The zero-order valence-electron chi connectivity index (χ0n) is 14.3. The van der Waals surface area contributed by atoms with Crippen LogP contribution in [0.15, 0.2) is 0 Å². The van der Waals surface area contributed by atoms with Gasteiger partial charge in [-0.15, -0.1) is 0 Å². The summed E-state index contributed by atoms with van der Waals surface area (Å²) in [5.74, 6) is -3.20. The number of carboxylic acids is 1. The van der Waals surface area contributed by atoms with Crippen molar-refractivity contribution in [3.63, 3.8) is 0 Å². The van der Waals surface area contributed by atoms with Crippen LogP contribution < -0.4 is 11.1 Å². The Morgan fingerprint density at radius 2 is 1.87 bits per heavy atom. The van der Waals surface area contributed by atoms with E-state index in [4.69, 9.17) is 27.4 Å². The molecule has 0 fully saturated rings. The van der Waals surface area contributed by atoms with Gasteiger partial charge in [0.15, 0.2) is 0 Å². The van der Waals surface area contributed by atoms with E-state index in [0.29, 0.717) is 31.4 Å². The molecular formula is C15H28N2O5S. The van der Waals surface area contributed by atoms with E-state index in [9.17, 15) is 14.7 Å². The fourth-order valence-corrected chi connectivity index (χ4v) is 2.96. The fraction of sp³-hybridized carbons (Fsp3) is 0.800. The second kappa shape index (κ2) is 10.5. The molecule has 0 radical (unpaired) electrons. The minimum Gasteiger partial charge on any atom is -0.481 e. The van der Waals surface area contributed by atoms with Gasteiger partial charge in [0.1, 0.15) is 0 Å². The molecule has 0 spiro atoms. The molecule has 0 heterocycles. The molecule has 0 bridgehead atoms. The van der Waals surface area contributed by atoms with Crippen LogP contribution in [0.4, 0.5) is 0 Å². The van der Waals surface area contributed by atoms with Crippen molar-refractivity contribution in [3.05, 3.63) is 0 Å². The number of aliphatic carboxylic acids is 1. The van der Waals surface area contributed by atoms with Gasteiger partial charge in [0.2, 0.25) is 5.91 Å². The number of hydrogen-bond acceptors (Lipinski definition) is 5. The van der Waals surface area contributed by atoms with Gasteiger partial charge in [-0.25, -0.2) is 0 Å². The predicted molar refractivity (Wildman–Crippen MR) is 91.2 cm³/mol. The molecule has 2 atom stereocenters. The number of nitrogens with one attached hydrogen (secondary N) is 1. The molecule has 1 amide bonds. The first kappa shape index (κ1) is 21.8. The minimum atomic E-state index is -1.08. The van der Waals surface area contributed by atoms with Crippen molar-refractivity contribution in [1.29, 1.82) is 0 Å². The van der Waals surface area contributed by atoms with Crippen LogP contribution in [-0.4, -0.2) is 55.4 Å². The minimum absolute atomic E-state index is 0.247. The number of amides is 1. The Bertz CT molecular complexity index is 409. The highest BCUT2D eigenvalue weighted by atomic mass is 32.1. The molecule has 7 nitrogen and oxygen atoms in total. The van der Waals surface area contributed by atoms with Crippen LogP contribution in [0.5, 0.6) is 0 Å². The normalized spacial score (nSPS) is 14.1. The van der Waals surface area contributed by atoms with Gasteiger partial charge in [0.25, 0.3) is 0 Å². The standard InChI is InChI=1S/C15H28N2O5S/c1-15(2,3)12(10(14(19)20)9-11(16)18)13(23)17-5-6-22-8-7-21-4/h10,12H,5-9H2,1-4H3,(H2,16,18)(H,17,23)(H,19,20)/t10?,12-/m1/s1. The lowest BCUT2D eigenvalue weighted by Gasteiger charge is -2.35. The molecule has 0 rings (SSSR count). The number of nitrogens with two attached hydrogens (primary N) is 1. The number of hydrogen-bond donors (Lipinski definition) is 3. The summed E-state index contributed by atoms with van der Waals surface area (Å²) in [5, 5.41) is 12.5. The number of carbonyl (C=O) groups is 2. The van der Waals surface area contributed by atoms with E-state index >= 15 is 0 Å². The molecule has 4 N–H and O–H groups in total. The molecule has 0 aromatic heterocycles. The summed E-state index contributed by atoms with van der Waals surface area (Å²) in [6.45, 7) is 7.53. The summed E-state index contributed by atoms with van der Waals surface area (Å²) in [6.07, 6.45) is -0.247. The number of primary amides is 1. The number of carboxylic acid groups (broad SMARTS) is 1. The molecule has 134 valence electrons. The van der Waals surface area contributed by atoms with Gasteiger partial charge in [0, 0.05) is 26.0 Å². The maximum Gasteiger partial charge on any atom is 0.307 e. The van der Waals surface area contributed by atoms with Gasteiger partial charge in [0.05, 0.1) is 30.7 Å². The molecule has 8 heteroatoms. The average Bonchev–Trinajstić information content (AvgIpc) is 2.39. The highest BCUT2D eigenvalue weighted by Gasteiger charge is 2.40. The van der Waals surface area contributed by atoms with Crippen molar-refractivity contribution in [1.82, 2.24) is 5.32 Å². The van der Waals surface area contributed by atoms with Crippen LogP contribution in [0.25, 0.3) is 0 Å². The third-order valence-electron chi connectivity index (χ3n) is 3.33. The summed E-state index contributed by atoms with van der Waals surface area (Å²) < 4.78 is 10.2. The SMILES string of the molecule is COCCOCCNC(=S)[C@@H](C(CC(N)=O)C(=O)O)C(C)(C)C. The van der Waals surface area contributed by atoms with Gasteiger partial charge >= 0.3 is 5.97 Å². The second-order valence-electron chi connectivity index (χ2n) is 6.36. The summed E-state index contributed by atoms with van der Waals surface area (Å²) in [6, 6.07) is 0. The van der Waals surface area contributed by atoms with E-state index in [0.717, 1.165) is 0 Å². The Labute approximate surface area is 142 Å². The highest BCUT2D eigenvalue weighted by molar-refractivity contribution is 7.80. The Morgan fingerprint density at radius 1 is 1.26 bits per heavy atom. The molecular weight excluding hydrogens is 320 g/mol. The Balaban J connectivity index is 4.79. The third kappa shape index (κ3) is 8.83. The van der Waals surface area contributed by atoms with E-state index in [1.165, 1.54) is 0 Å². The topological polar surface area (TPSA) is 111 Å². The van der Waals surface area contributed by atoms with Crippen molar-refractivity contribution in [2.75, 3.05) is 33.5 Å². The maximum atomic E-state index is 11.5. The van der Waals surface area contributed by atoms with Crippen molar-refractivity contribution in [2.24, 2.45) is 23.0 Å². The van der Waals surface area contributed by atoms with E-state index < -0.39 is 29.1 Å². The molecule has 1 unspecified atom stereocenters. The van der Waals surface area contributed by atoms with Crippen LogP contribution in [0.2, 0.25) is 0 Å². The van der Waals surface area contributed by atoms with Crippen molar-refractivity contribution >= 4 is 29.1 Å². The molecule has 0 aliphatic heterocycles. The van der Waals surface area contributed by atoms with E-state index in [1.54, 1.807) is 7.11 Å². The van der Waals surface area contributed by atoms with Crippen molar-refractivity contribution < 1.29 is 24.2 Å². The molecule has 0 aliphatic carbocycles. The molecule has 0 saturated carbocycles. The number of rotatable bonds is 11. The Morgan fingerprint density at radius 3 is 2.30 bits per heavy atom. The fourth-order valence-electron chi connectivity index (χ4n) is 2.34. The number of ether oxygens (including phenoxy) is 2. The van der Waals surface area contributed by atoms with E-state index in [2.05, 4.69) is 5.32 Å². The second-order valence-corrected chi connectivity index (χ2v) is 6.79. The van der Waals surface area contributed by atoms with E-state index in [-0.39, 0.29) is 6.42 Å². The van der Waals surface area contributed by atoms with Gasteiger partial charge in [-0.05, 0) is 5.41 Å². The summed E-state index contributed by atoms with van der Waals surface area (Å²) in [7, 11) is 1.59. The zero-order chi connectivity index (χ0) is 18.0. The molecule has 0 aliphatic rings. The van der Waals surface area contributed by atoms with Gasteiger partial charge in [-0.1, -0.05) is 33.0 Å². The summed E-state index contributed by atoms with van der Waals surface area (Å²) in [5.41, 5.74) is 4.75. The lowest BCUT2D eigenvalue weighted by atomic mass is 9.71. The van der Waals surface area contributed by atoms with E-state index in [1.807, 2.05) is 20.8 Å².